The average molecular weight is 393 g/mol. The summed E-state index contributed by atoms with van der Waals surface area (Å²) < 4.78 is 16.7. The number of rotatable bonds is 8. The van der Waals surface area contributed by atoms with Crippen LogP contribution < -0.4 is 14.2 Å². The van der Waals surface area contributed by atoms with Crippen molar-refractivity contribution in [1.29, 1.82) is 0 Å². The number of carbonyl (C=O) groups is 1. The van der Waals surface area contributed by atoms with Crippen molar-refractivity contribution in [1.82, 2.24) is 4.90 Å². The lowest BCUT2D eigenvalue weighted by molar-refractivity contribution is -0.138. The van der Waals surface area contributed by atoms with Crippen molar-refractivity contribution < 1.29 is 19.0 Å². The van der Waals surface area contributed by atoms with Crippen molar-refractivity contribution in [2.45, 2.75) is 26.0 Å². The third-order valence-corrected chi connectivity index (χ3v) is 4.89. The highest BCUT2D eigenvalue weighted by Crippen LogP contribution is 2.28. The molecular weight excluding hydrogens is 366 g/mol. The summed E-state index contributed by atoms with van der Waals surface area (Å²) in [5.41, 5.74) is 0.957. The molecule has 0 saturated heterocycles. The van der Waals surface area contributed by atoms with Crippen molar-refractivity contribution >= 4 is 16.7 Å². The van der Waals surface area contributed by atoms with Crippen molar-refractivity contribution in [3.05, 3.63) is 66.2 Å². The van der Waals surface area contributed by atoms with Gasteiger partial charge >= 0.3 is 0 Å². The molecule has 3 aromatic carbocycles. The summed E-state index contributed by atoms with van der Waals surface area (Å²) in [6, 6.07) is 19.6. The van der Waals surface area contributed by atoms with E-state index in [-0.39, 0.29) is 5.91 Å². The smallest absolute Gasteiger partial charge is 0.263 e. The molecule has 0 fully saturated rings. The van der Waals surface area contributed by atoms with Gasteiger partial charge in [0.05, 0.1) is 14.2 Å². The number of fused-ring (bicyclic) bond motifs is 1. The molecule has 0 spiro atoms. The fourth-order valence-corrected chi connectivity index (χ4v) is 3.29. The number of carbonyl (C=O) groups excluding carboxylic acids is 1. The van der Waals surface area contributed by atoms with Gasteiger partial charge in [0.25, 0.3) is 5.91 Å². The van der Waals surface area contributed by atoms with E-state index in [9.17, 15) is 4.79 Å². The van der Waals surface area contributed by atoms with Crippen LogP contribution in [0.5, 0.6) is 17.2 Å². The fourth-order valence-electron chi connectivity index (χ4n) is 3.29. The number of benzene rings is 3. The van der Waals surface area contributed by atoms with Crippen molar-refractivity contribution in [2.24, 2.45) is 0 Å². The second-order valence-electron chi connectivity index (χ2n) is 6.91. The first-order valence-electron chi connectivity index (χ1n) is 9.67. The Morgan fingerprint density at radius 1 is 0.931 bits per heavy atom. The highest BCUT2D eigenvalue weighted by atomic mass is 16.5. The molecule has 152 valence electrons. The summed E-state index contributed by atoms with van der Waals surface area (Å²) in [7, 11) is 4.98. The minimum Gasteiger partial charge on any atom is -0.493 e. The number of nitrogens with zero attached hydrogens (tertiary/aromatic N) is 1. The predicted octanol–water partition coefficient (Wildman–Crippen LogP) is 4.67. The molecule has 0 aliphatic carbocycles. The Balaban J connectivity index is 1.70. The molecule has 1 amide bonds. The Morgan fingerprint density at radius 3 is 2.34 bits per heavy atom. The second kappa shape index (κ2) is 9.32. The van der Waals surface area contributed by atoms with E-state index in [2.05, 4.69) is 6.07 Å². The normalized spacial score (nSPS) is 11.7. The van der Waals surface area contributed by atoms with E-state index in [1.54, 1.807) is 26.2 Å². The number of ether oxygens (including phenoxy) is 3. The van der Waals surface area contributed by atoms with Gasteiger partial charge in [-0.1, -0.05) is 43.3 Å². The van der Waals surface area contributed by atoms with E-state index in [0.29, 0.717) is 30.2 Å². The van der Waals surface area contributed by atoms with Crippen LogP contribution in [0.3, 0.4) is 0 Å². The maximum Gasteiger partial charge on any atom is 0.263 e. The molecule has 0 radical (unpaired) electrons. The van der Waals surface area contributed by atoms with E-state index in [1.807, 2.05) is 61.5 Å². The molecule has 0 saturated carbocycles. The van der Waals surface area contributed by atoms with Gasteiger partial charge in [0.1, 0.15) is 5.75 Å². The maximum absolute atomic E-state index is 13.0. The SMILES string of the molecule is CCC(Oc1ccc2ccccc2c1)C(=O)N(C)Cc1ccc(OC)c(OC)c1. The largest absolute Gasteiger partial charge is 0.493 e. The molecular formula is C24H27NO4. The zero-order chi connectivity index (χ0) is 20.8. The van der Waals surface area contributed by atoms with E-state index in [1.165, 1.54) is 0 Å². The van der Waals surface area contributed by atoms with Gasteiger partial charge in [0.2, 0.25) is 0 Å². The van der Waals surface area contributed by atoms with Gasteiger partial charge in [0, 0.05) is 13.6 Å². The van der Waals surface area contributed by atoms with Gasteiger partial charge in [-0.2, -0.15) is 0 Å². The monoisotopic (exact) mass is 393 g/mol. The molecule has 3 rings (SSSR count). The van der Waals surface area contributed by atoms with Crippen LogP contribution in [0.4, 0.5) is 0 Å². The van der Waals surface area contributed by atoms with E-state index in [0.717, 1.165) is 16.3 Å². The first kappa shape index (κ1) is 20.5. The number of amides is 1. The Bertz CT molecular complexity index is 986. The molecule has 0 aromatic heterocycles. The number of hydrogen-bond donors (Lipinski definition) is 0. The average Bonchev–Trinajstić information content (AvgIpc) is 2.76. The summed E-state index contributed by atoms with van der Waals surface area (Å²) in [6.45, 7) is 2.41. The summed E-state index contributed by atoms with van der Waals surface area (Å²) in [5.74, 6) is 1.94. The quantitative estimate of drug-likeness (QED) is 0.558. The summed E-state index contributed by atoms with van der Waals surface area (Å²) in [4.78, 5) is 14.6. The molecule has 0 aliphatic rings. The van der Waals surface area contributed by atoms with Crippen LogP contribution in [-0.4, -0.2) is 38.2 Å². The van der Waals surface area contributed by atoms with E-state index >= 15 is 0 Å². The van der Waals surface area contributed by atoms with Crippen LogP contribution in [0.2, 0.25) is 0 Å². The van der Waals surface area contributed by atoms with Crippen LogP contribution >= 0.6 is 0 Å². The fraction of sp³-hybridized carbons (Fsp3) is 0.292. The molecule has 29 heavy (non-hydrogen) atoms. The lowest BCUT2D eigenvalue weighted by atomic mass is 10.1. The summed E-state index contributed by atoms with van der Waals surface area (Å²) in [5, 5.41) is 2.23. The van der Waals surface area contributed by atoms with Gasteiger partial charge in [0.15, 0.2) is 17.6 Å². The maximum atomic E-state index is 13.0. The van der Waals surface area contributed by atoms with Crippen LogP contribution in [0.15, 0.2) is 60.7 Å². The zero-order valence-corrected chi connectivity index (χ0v) is 17.3. The van der Waals surface area contributed by atoms with E-state index in [4.69, 9.17) is 14.2 Å². The van der Waals surface area contributed by atoms with Crippen LogP contribution in [0.25, 0.3) is 10.8 Å². The molecule has 1 atom stereocenters. The molecule has 1 unspecified atom stereocenters. The second-order valence-corrected chi connectivity index (χ2v) is 6.91. The summed E-state index contributed by atoms with van der Waals surface area (Å²) in [6.07, 6.45) is 0.0448. The van der Waals surface area contributed by atoms with Gasteiger partial charge in [-0.3, -0.25) is 4.79 Å². The Morgan fingerprint density at radius 2 is 1.66 bits per heavy atom. The molecule has 5 nitrogen and oxygen atoms in total. The molecule has 0 bridgehead atoms. The lowest BCUT2D eigenvalue weighted by Gasteiger charge is -2.24. The minimum atomic E-state index is -0.540. The van der Waals surface area contributed by atoms with Crippen molar-refractivity contribution in [3.8, 4) is 17.2 Å². The van der Waals surface area contributed by atoms with Gasteiger partial charge in [-0.15, -0.1) is 0 Å². The van der Waals surface area contributed by atoms with Crippen molar-refractivity contribution in [2.75, 3.05) is 21.3 Å². The topological polar surface area (TPSA) is 48.0 Å². The van der Waals surface area contributed by atoms with Crippen LogP contribution in [0, 0.1) is 0 Å². The lowest BCUT2D eigenvalue weighted by Crippen LogP contribution is -2.39. The highest BCUT2D eigenvalue weighted by molar-refractivity contribution is 5.84. The number of hydrogen-bond acceptors (Lipinski definition) is 4. The molecule has 0 aliphatic heterocycles. The standard InChI is InChI=1S/C24H27NO4/c1-5-21(29-20-12-11-18-8-6-7-9-19(18)15-20)24(26)25(2)16-17-10-13-22(27-3)23(14-17)28-4/h6-15,21H,5,16H2,1-4H3. The van der Waals surface area contributed by atoms with Gasteiger partial charge in [-0.05, 0) is 47.0 Å². The first-order chi connectivity index (χ1) is 14.0. The molecule has 3 aromatic rings. The molecule has 0 N–H and O–H groups in total. The third-order valence-electron chi connectivity index (χ3n) is 4.89. The summed E-state index contributed by atoms with van der Waals surface area (Å²) >= 11 is 0. The molecule has 5 heteroatoms. The highest BCUT2D eigenvalue weighted by Gasteiger charge is 2.23. The Labute approximate surface area is 171 Å². The van der Waals surface area contributed by atoms with E-state index < -0.39 is 6.10 Å². The number of likely N-dealkylation sites (N-methyl/N-ethyl adjacent to an activating group) is 1. The predicted molar refractivity (Wildman–Crippen MR) is 115 cm³/mol. The zero-order valence-electron chi connectivity index (χ0n) is 17.3. The molecule has 0 heterocycles. The van der Waals surface area contributed by atoms with Gasteiger partial charge in [-0.25, -0.2) is 0 Å². The third kappa shape index (κ3) is 4.80. The van der Waals surface area contributed by atoms with Crippen LogP contribution in [-0.2, 0) is 11.3 Å². The minimum absolute atomic E-state index is 0.0598. The van der Waals surface area contributed by atoms with Gasteiger partial charge < -0.3 is 19.1 Å². The Hall–Kier alpha value is -3.21. The Kier molecular flexibility index (Phi) is 6.60. The van der Waals surface area contributed by atoms with Crippen LogP contribution in [0.1, 0.15) is 18.9 Å². The first-order valence-corrected chi connectivity index (χ1v) is 9.67. The number of methoxy groups -OCH3 is 2. The van der Waals surface area contributed by atoms with Crippen molar-refractivity contribution in [3.63, 3.8) is 0 Å².